The van der Waals surface area contributed by atoms with Crippen molar-refractivity contribution in [3.05, 3.63) is 0 Å². The van der Waals surface area contributed by atoms with Gasteiger partial charge >= 0.3 is 0 Å². The molecule has 1 atom stereocenters. The zero-order valence-electron chi connectivity index (χ0n) is 10.5. The summed E-state index contributed by atoms with van der Waals surface area (Å²) < 4.78 is 0. The first-order valence-corrected chi connectivity index (χ1v) is 6.84. The van der Waals surface area contributed by atoms with Crippen molar-refractivity contribution in [1.82, 2.24) is 10.2 Å². The summed E-state index contributed by atoms with van der Waals surface area (Å²) in [7, 11) is 2.02. The van der Waals surface area contributed by atoms with Gasteiger partial charge in [0, 0.05) is 19.1 Å². The lowest BCUT2D eigenvalue weighted by Crippen LogP contribution is -2.51. The Morgan fingerprint density at radius 2 is 2.00 bits per heavy atom. The summed E-state index contributed by atoms with van der Waals surface area (Å²) in [5.74, 6) is 0. The summed E-state index contributed by atoms with van der Waals surface area (Å²) in [6.07, 6.45) is 8.38. The number of aliphatic hydroxyl groups is 1. The molecule has 3 nitrogen and oxygen atoms in total. The van der Waals surface area contributed by atoms with E-state index in [2.05, 4.69) is 10.2 Å². The van der Waals surface area contributed by atoms with Gasteiger partial charge in [0.05, 0.1) is 5.60 Å². The van der Waals surface area contributed by atoms with Crippen molar-refractivity contribution in [3.8, 4) is 0 Å². The molecule has 1 saturated heterocycles. The minimum absolute atomic E-state index is 0.372. The van der Waals surface area contributed by atoms with Crippen LogP contribution in [-0.2, 0) is 0 Å². The number of hydrogen-bond acceptors (Lipinski definition) is 3. The van der Waals surface area contributed by atoms with Gasteiger partial charge < -0.3 is 10.4 Å². The Hall–Kier alpha value is -0.120. The molecule has 3 heteroatoms. The van der Waals surface area contributed by atoms with E-state index >= 15 is 0 Å². The van der Waals surface area contributed by atoms with Crippen LogP contribution in [0.1, 0.15) is 44.9 Å². The standard InChI is InChI=1S/C13H26N2O/c1-14-10-12-6-2-5-9-15(12)11-13(16)7-3-4-8-13/h12,14,16H,2-11H2,1H3. The molecule has 1 heterocycles. The van der Waals surface area contributed by atoms with Crippen molar-refractivity contribution in [1.29, 1.82) is 0 Å². The molecular weight excluding hydrogens is 200 g/mol. The normalized spacial score (nSPS) is 30.8. The van der Waals surface area contributed by atoms with Crippen LogP contribution < -0.4 is 5.32 Å². The van der Waals surface area contributed by atoms with E-state index in [1.165, 1.54) is 38.6 Å². The van der Waals surface area contributed by atoms with Gasteiger partial charge in [-0.05, 0) is 39.3 Å². The largest absolute Gasteiger partial charge is 0.389 e. The van der Waals surface area contributed by atoms with Crippen molar-refractivity contribution >= 4 is 0 Å². The second-order valence-corrected chi connectivity index (χ2v) is 5.61. The van der Waals surface area contributed by atoms with Crippen molar-refractivity contribution in [2.24, 2.45) is 0 Å². The fourth-order valence-electron chi connectivity index (χ4n) is 3.30. The summed E-state index contributed by atoms with van der Waals surface area (Å²) in [4.78, 5) is 2.52. The third-order valence-electron chi connectivity index (χ3n) is 4.22. The fourth-order valence-corrected chi connectivity index (χ4v) is 3.30. The molecule has 1 saturated carbocycles. The first-order chi connectivity index (χ1) is 7.73. The van der Waals surface area contributed by atoms with E-state index in [-0.39, 0.29) is 5.60 Å². The molecule has 0 aromatic carbocycles. The molecule has 0 radical (unpaired) electrons. The van der Waals surface area contributed by atoms with E-state index in [9.17, 15) is 5.11 Å². The van der Waals surface area contributed by atoms with Crippen LogP contribution >= 0.6 is 0 Å². The van der Waals surface area contributed by atoms with E-state index in [4.69, 9.17) is 0 Å². The maximum absolute atomic E-state index is 10.5. The molecule has 0 aromatic rings. The molecule has 16 heavy (non-hydrogen) atoms. The second-order valence-electron chi connectivity index (χ2n) is 5.61. The summed E-state index contributed by atoms with van der Waals surface area (Å²) in [6, 6.07) is 0.642. The Balaban J connectivity index is 1.89. The molecule has 2 fully saturated rings. The molecule has 0 bridgehead atoms. The van der Waals surface area contributed by atoms with Gasteiger partial charge in [0.1, 0.15) is 0 Å². The zero-order valence-corrected chi connectivity index (χ0v) is 10.5. The van der Waals surface area contributed by atoms with Crippen molar-refractivity contribution in [3.63, 3.8) is 0 Å². The average molecular weight is 226 g/mol. The van der Waals surface area contributed by atoms with Crippen LogP contribution in [0.5, 0.6) is 0 Å². The lowest BCUT2D eigenvalue weighted by molar-refractivity contribution is -0.0116. The Morgan fingerprint density at radius 1 is 1.25 bits per heavy atom. The van der Waals surface area contributed by atoms with Gasteiger partial charge in [0.25, 0.3) is 0 Å². The van der Waals surface area contributed by atoms with E-state index in [0.29, 0.717) is 6.04 Å². The van der Waals surface area contributed by atoms with Crippen LogP contribution in [0.4, 0.5) is 0 Å². The number of β-amino-alcohol motifs (C(OH)–C–C–N with tert-alkyl or cyclic N) is 1. The maximum Gasteiger partial charge on any atom is 0.0774 e. The number of rotatable bonds is 4. The van der Waals surface area contributed by atoms with Gasteiger partial charge in [-0.25, -0.2) is 0 Å². The summed E-state index contributed by atoms with van der Waals surface area (Å²) >= 11 is 0. The molecule has 0 aromatic heterocycles. The molecule has 2 aliphatic rings. The number of likely N-dealkylation sites (tertiary alicyclic amines) is 1. The highest BCUT2D eigenvalue weighted by molar-refractivity contribution is 4.90. The molecular formula is C13H26N2O. The number of nitrogens with zero attached hydrogens (tertiary/aromatic N) is 1. The molecule has 0 amide bonds. The van der Waals surface area contributed by atoms with E-state index in [0.717, 1.165) is 25.9 Å². The van der Waals surface area contributed by atoms with Gasteiger partial charge in [0.15, 0.2) is 0 Å². The van der Waals surface area contributed by atoms with E-state index in [1.807, 2.05) is 7.05 Å². The lowest BCUT2D eigenvalue weighted by Gasteiger charge is -2.40. The molecule has 1 aliphatic heterocycles. The number of nitrogens with one attached hydrogen (secondary N) is 1. The molecule has 94 valence electrons. The van der Waals surface area contributed by atoms with Crippen LogP contribution in [0.3, 0.4) is 0 Å². The van der Waals surface area contributed by atoms with Crippen LogP contribution in [0.15, 0.2) is 0 Å². The summed E-state index contributed by atoms with van der Waals surface area (Å²) in [6.45, 7) is 3.14. The smallest absolute Gasteiger partial charge is 0.0774 e. The quantitative estimate of drug-likeness (QED) is 0.760. The Morgan fingerprint density at radius 3 is 2.69 bits per heavy atom. The van der Waals surface area contributed by atoms with E-state index < -0.39 is 0 Å². The molecule has 2 N–H and O–H groups in total. The SMILES string of the molecule is CNCC1CCCCN1CC1(O)CCCC1. The summed E-state index contributed by atoms with van der Waals surface area (Å²) in [5, 5.41) is 13.7. The Labute approximate surface area is 99.2 Å². The molecule has 2 rings (SSSR count). The minimum atomic E-state index is -0.372. The highest BCUT2D eigenvalue weighted by Crippen LogP contribution is 2.31. The highest BCUT2D eigenvalue weighted by atomic mass is 16.3. The Bertz CT molecular complexity index is 212. The number of piperidine rings is 1. The fraction of sp³-hybridized carbons (Fsp3) is 1.00. The van der Waals surface area contributed by atoms with Gasteiger partial charge in [0.2, 0.25) is 0 Å². The third-order valence-corrected chi connectivity index (χ3v) is 4.22. The van der Waals surface area contributed by atoms with Crippen LogP contribution in [0, 0.1) is 0 Å². The predicted octanol–water partition coefficient (Wildman–Crippen LogP) is 1.37. The molecule has 1 unspecified atom stereocenters. The minimum Gasteiger partial charge on any atom is -0.389 e. The number of likely N-dealkylation sites (N-methyl/N-ethyl adjacent to an activating group) is 1. The topological polar surface area (TPSA) is 35.5 Å². The third kappa shape index (κ3) is 2.96. The van der Waals surface area contributed by atoms with Crippen molar-refractivity contribution in [2.45, 2.75) is 56.6 Å². The molecule has 1 aliphatic carbocycles. The van der Waals surface area contributed by atoms with E-state index in [1.54, 1.807) is 0 Å². The first-order valence-electron chi connectivity index (χ1n) is 6.84. The average Bonchev–Trinajstić information content (AvgIpc) is 2.68. The van der Waals surface area contributed by atoms with Gasteiger partial charge in [-0.1, -0.05) is 19.3 Å². The van der Waals surface area contributed by atoms with Crippen molar-refractivity contribution < 1.29 is 5.11 Å². The van der Waals surface area contributed by atoms with Crippen LogP contribution in [0.2, 0.25) is 0 Å². The second kappa shape index (κ2) is 5.48. The Kier molecular flexibility index (Phi) is 4.22. The monoisotopic (exact) mass is 226 g/mol. The van der Waals surface area contributed by atoms with Crippen LogP contribution in [-0.4, -0.2) is 48.3 Å². The van der Waals surface area contributed by atoms with Gasteiger partial charge in [-0.15, -0.1) is 0 Å². The zero-order chi connectivity index (χ0) is 11.4. The maximum atomic E-state index is 10.5. The summed E-state index contributed by atoms with van der Waals surface area (Å²) in [5.41, 5.74) is -0.372. The lowest BCUT2D eigenvalue weighted by atomic mass is 9.96. The van der Waals surface area contributed by atoms with Crippen LogP contribution in [0.25, 0.3) is 0 Å². The van der Waals surface area contributed by atoms with Crippen molar-refractivity contribution in [2.75, 3.05) is 26.7 Å². The highest BCUT2D eigenvalue weighted by Gasteiger charge is 2.35. The first kappa shape index (κ1) is 12.3. The van der Waals surface area contributed by atoms with Gasteiger partial charge in [-0.3, -0.25) is 4.90 Å². The predicted molar refractivity (Wildman–Crippen MR) is 66.6 cm³/mol. The molecule has 0 spiro atoms. The number of hydrogen-bond donors (Lipinski definition) is 2. The van der Waals surface area contributed by atoms with Gasteiger partial charge in [-0.2, -0.15) is 0 Å².